The third kappa shape index (κ3) is 5.51. The molecule has 0 radical (unpaired) electrons. The molecular weight excluding hydrogens is 717 g/mol. The second kappa shape index (κ2) is 13.4. The normalized spacial score (nSPS) is 24.0. The molecule has 6 unspecified atom stereocenters. The van der Waals surface area contributed by atoms with Crippen LogP contribution in [0.1, 0.15) is 41.4 Å². The summed E-state index contributed by atoms with van der Waals surface area (Å²) in [5, 5.41) is 18.2. The molecule has 5 nitrogen and oxygen atoms in total. The first-order chi connectivity index (χ1) is 28.2. The molecule has 6 atom stereocenters. The summed E-state index contributed by atoms with van der Waals surface area (Å²) >= 11 is 1.98. The molecule has 1 saturated heterocycles. The highest BCUT2D eigenvalue weighted by Crippen LogP contribution is 2.51. The minimum atomic E-state index is -0.130. The molecule has 0 bridgehead atoms. The summed E-state index contributed by atoms with van der Waals surface area (Å²) in [5.41, 5.74) is 11.6. The number of hydrogen-bond acceptors (Lipinski definition) is 4. The minimum absolute atomic E-state index is 0.0320. The number of nitrogens with one attached hydrogen (secondary N) is 2. The second-order valence-corrected chi connectivity index (χ2v) is 16.8. The molecule has 57 heavy (non-hydrogen) atoms. The zero-order valence-electron chi connectivity index (χ0n) is 31.1. The first-order valence-corrected chi connectivity index (χ1v) is 20.9. The van der Waals surface area contributed by atoms with Crippen LogP contribution in [-0.4, -0.2) is 16.0 Å². The van der Waals surface area contributed by atoms with Gasteiger partial charge in [0.15, 0.2) is 0 Å². The average Bonchev–Trinajstić information content (AvgIpc) is 3.95. The number of hydrogen-bond donors (Lipinski definition) is 2. The first kappa shape index (κ1) is 33.3. The minimum Gasteiger partial charge on any atom is -0.628 e. The molecule has 4 heterocycles. The van der Waals surface area contributed by atoms with Crippen molar-refractivity contribution in [3.8, 4) is 11.1 Å². The Morgan fingerprint density at radius 2 is 1.46 bits per heavy atom. The highest BCUT2D eigenvalue weighted by molar-refractivity contribution is 8.00. The Kier molecular flexibility index (Phi) is 7.80. The van der Waals surface area contributed by atoms with Gasteiger partial charge in [-0.15, -0.1) is 11.8 Å². The Morgan fingerprint density at radius 1 is 0.667 bits per heavy atom. The van der Waals surface area contributed by atoms with E-state index < -0.39 is 0 Å². The van der Waals surface area contributed by atoms with Gasteiger partial charge in [-0.2, -0.15) is 0 Å². The van der Waals surface area contributed by atoms with Gasteiger partial charge in [-0.1, -0.05) is 145 Å². The van der Waals surface area contributed by atoms with Gasteiger partial charge in [0, 0.05) is 43.3 Å². The molecule has 0 amide bonds. The Balaban J connectivity index is 0.863. The lowest BCUT2D eigenvalue weighted by Crippen LogP contribution is -2.50. The third-order valence-corrected chi connectivity index (χ3v) is 13.6. The highest BCUT2D eigenvalue weighted by Gasteiger charge is 2.33. The van der Waals surface area contributed by atoms with E-state index in [2.05, 4.69) is 191 Å². The fraction of sp³-hybridized carbons (Fsp3) is 0.137. The predicted octanol–water partition coefficient (Wildman–Crippen LogP) is 12.8. The monoisotopic (exact) mass is 755 g/mol. The maximum atomic E-state index is 6.66. The average molecular weight is 756 g/mol. The topological polar surface area (TPSA) is 56.2 Å². The Bertz CT molecular complexity index is 2950. The van der Waals surface area contributed by atoms with Crippen molar-refractivity contribution in [2.24, 2.45) is 5.92 Å². The van der Waals surface area contributed by atoms with Gasteiger partial charge in [-0.25, -0.2) is 0 Å². The van der Waals surface area contributed by atoms with Crippen LogP contribution < -0.4 is 10.6 Å². The van der Waals surface area contributed by atoms with Crippen molar-refractivity contribution in [1.82, 2.24) is 15.2 Å². The van der Waals surface area contributed by atoms with E-state index in [9.17, 15) is 0 Å². The SMILES string of the molecule is C1=CCC(C2[N-]C(c3ccccc3)NC(c3cccc4oc5cc(-c6ccc7c(c6)SC6C=C(n8c9ccccc9c9ccccc98)C=CC76)ccc5c34)N2)C=C1. The van der Waals surface area contributed by atoms with E-state index in [0.29, 0.717) is 11.2 Å². The van der Waals surface area contributed by atoms with Crippen molar-refractivity contribution < 1.29 is 4.42 Å². The number of allylic oxidation sites excluding steroid dienone is 6. The maximum Gasteiger partial charge on any atom is 0.136 e. The summed E-state index contributed by atoms with van der Waals surface area (Å²) in [6.45, 7) is 0. The summed E-state index contributed by atoms with van der Waals surface area (Å²) in [6, 6.07) is 48.2. The van der Waals surface area contributed by atoms with Crippen LogP contribution in [0.5, 0.6) is 0 Å². The number of nitrogens with zero attached hydrogens (tertiary/aromatic N) is 2. The van der Waals surface area contributed by atoms with Crippen LogP contribution in [0, 0.1) is 5.92 Å². The van der Waals surface area contributed by atoms with Gasteiger partial charge in [-0.3, -0.25) is 0 Å². The van der Waals surface area contributed by atoms with Gasteiger partial charge in [0.1, 0.15) is 11.2 Å². The van der Waals surface area contributed by atoms with Crippen LogP contribution in [0.25, 0.3) is 65.9 Å². The summed E-state index contributed by atoms with van der Waals surface area (Å²) in [6.07, 6.45) is 16.7. The van der Waals surface area contributed by atoms with Crippen LogP contribution in [0.3, 0.4) is 0 Å². The predicted molar refractivity (Wildman–Crippen MR) is 236 cm³/mol. The zero-order chi connectivity index (χ0) is 37.5. The molecule has 12 rings (SSSR count). The van der Waals surface area contributed by atoms with Crippen molar-refractivity contribution in [2.75, 3.05) is 0 Å². The largest absolute Gasteiger partial charge is 0.628 e. The van der Waals surface area contributed by atoms with Crippen LogP contribution in [0.15, 0.2) is 185 Å². The van der Waals surface area contributed by atoms with E-state index in [1.165, 1.54) is 54.7 Å². The molecule has 0 saturated carbocycles. The molecule has 0 spiro atoms. The van der Waals surface area contributed by atoms with E-state index in [1.807, 2.05) is 11.8 Å². The van der Waals surface area contributed by atoms with Gasteiger partial charge >= 0.3 is 0 Å². The standard InChI is InChI=1S/C51H39N4OS/c1-3-12-31(13-4-1)49-52-50(32-14-5-2-6-15-32)54-51(53-49)41-18-11-21-44-48(41)40-26-23-33(28-45(40)56-44)34-22-25-38-39-27-24-35(30-47(39)57-46(38)29-34)55-42-19-9-7-16-36(42)37-17-8-10-20-43(37)55/h1-14,16-30,32,39,47,49-51,53-54H,15H2/q-1. The van der Waals surface area contributed by atoms with Crippen molar-refractivity contribution in [1.29, 1.82) is 0 Å². The molecule has 2 aromatic heterocycles. The Labute approximate surface area is 335 Å². The lowest BCUT2D eigenvalue weighted by atomic mass is 9.90. The van der Waals surface area contributed by atoms with Crippen LogP contribution >= 0.6 is 11.8 Å². The molecule has 1 fully saturated rings. The molecule has 6 aromatic carbocycles. The van der Waals surface area contributed by atoms with Crippen LogP contribution in [0.4, 0.5) is 0 Å². The summed E-state index contributed by atoms with van der Waals surface area (Å²) in [5.74, 6) is 0.644. The van der Waals surface area contributed by atoms with E-state index >= 15 is 0 Å². The van der Waals surface area contributed by atoms with Gasteiger partial charge < -0.3 is 24.9 Å². The fourth-order valence-corrected chi connectivity index (χ4v) is 11.0. The van der Waals surface area contributed by atoms with Crippen LogP contribution in [-0.2, 0) is 0 Å². The molecule has 2 aliphatic carbocycles. The third-order valence-electron chi connectivity index (χ3n) is 12.3. The first-order valence-electron chi connectivity index (χ1n) is 20.0. The number of furan rings is 1. The summed E-state index contributed by atoms with van der Waals surface area (Å²) in [7, 11) is 0. The molecule has 8 aromatic rings. The molecule has 2 N–H and O–H groups in total. The number of aromatic nitrogens is 1. The second-order valence-electron chi connectivity index (χ2n) is 15.6. The van der Waals surface area contributed by atoms with Gasteiger partial charge in [-0.05, 0) is 83.1 Å². The van der Waals surface area contributed by atoms with E-state index in [1.54, 1.807) is 0 Å². The number of fused-ring (bicyclic) bond motifs is 9. The van der Waals surface area contributed by atoms with Crippen molar-refractivity contribution >= 4 is 61.2 Å². The number of rotatable bonds is 5. The van der Waals surface area contributed by atoms with Crippen molar-refractivity contribution in [3.63, 3.8) is 0 Å². The smallest absolute Gasteiger partial charge is 0.136 e. The summed E-state index contributed by atoms with van der Waals surface area (Å²) < 4.78 is 9.09. The number of para-hydroxylation sites is 2. The van der Waals surface area contributed by atoms with E-state index in [-0.39, 0.29) is 24.4 Å². The van der Waals surface area contributed by atoms with Gasteiger partial charge in [0.05, 0.1) is 17.2 Å². The molecular formula is C51H39N4OS-. The lowest BCUT2D eigenvalue weighted by molar-refractivity contribution is 0.279. The molecule has 6 heteroatoms. The van der Waals surface area contributed by atoms with Gasteiger partial charge in [0.2, 0.25) is 0 Å². The molecule has 4 aliphatic rings. The number of benzene rings is 6. The molecule has 276 valence electrons. The number of thioether (sulfide) groups is 1. The maximum absolute atomic E-state index is 6.66. The lowest BCUT2D eigenvalue weighted by Gasteiger charge is -2.52. The van der Waals surface area contributed by atoms with Crippen LogP contribution in [0.2, 0.25) is 0 Å². The van der Waals surface area contributed by atoms with Crippen molar-refractivity contribution in [3.05, 3.63) is 198 Å². The van der Waals surface area contributed by atoms with E-state index in [4.69, 9.17) is 9.73 Å². The van der Waals surface area contributed by atoms with E-state index in [0.717, 1.165) is 33.9 Å². The Hall–Kier alpha value is -5.89. The summed E-state index contributed by atoms with van der Waals surface area (Å²) in [4.78, 5) is 1.35. The highest BCUT2D eigenvalue weighted by atomic mass is 32.2. The van der Waals surface area contributed by atoms with Gasteiger partial charge in [0.25, 0.3) is 0 Å². The quantitative estimate of drug-likeness (QED) is 0.184. The fourth-order valence-electron chi connectivity index (χ4n) is 9.58. The zero-order valence-corrected chi connectivity index (χ0v) is 31.9. The Morgan fingerprint density at radius 3 is 2.28 bits per heavy atom. The van der Waals surface area contributed by atoms with Crippen molar-refractivity contribution in [2.45, 2.75) is 41.0 Å². The molecule has 2 aliphatic heterocycles.